The van der Waals surface area contributed by atoms with Crippen LogP contribution < -0.4 is 18.9 Å². The second-order valence-corrected chi connectivity index (χ2v) is 5.04. The van der Waals surface area contributed by atoms with E-state index in [1.54, 1.807) is 18.2 Å². The number of aromatic hydroxyl groups is 1. The number of hydrogen-bond acceptors (Lipinski definition) is 6. The fourth-order valence-electron chi connectivity index (χ4n) is 2.32. The van der Waals surface area contributed by atoms with Gasteiger partial charge in [0.05, 0.1) is 14.2 Å². The summed E-state index contributed by atoms with van der Waals surface area (Å²) in [6, 6.07) is 8.34. The molecule has 0 saturated heterocycles. The van der Waals surface area contributed by atoms with Crippen molar-refractivity contribution in [1.29, 1.82) is 0 Å². The van der Waals surface area contributed by atoms with Crippen LogP contribution in [0.25, 0.3) is 6.08 Å². The summed E-state index contributed by atoms with van der Waals surface area (Å²) in [5.74, 6) is 1.30. The molecular weight excluding hydrogens is 312 g/mol. The Bertz CT molecular complexity index is 784. The van der Waals surface area contributed by atoms with Crippen molar-refractivity contribution in [3.63, 3.8) is 0 Å². The maximum absolute atomic E-state index is 12.4. The van der Waals surface area contributed by atoms with Gasteiger partial charge >= 0.3 is 0 Å². The first-order chi connectivity index (χ1) is 11.6. The Hall–Kier alpha value is -3.15. The maximum Gasteiger partial charge on any atom is 0.231 e. The molecule has 1 heterocycles. The van der Waals surface area contributed by atoms with Crippen LogP contribution in [-0.4, -0.2) is 31.9 Å². The van der Waals surface area contributed by atoms with Crippen molar-refractivity contribution in [3.8, 4) is 28.7 Å². The Kier molecular flexibility index (Phi) is 4.29. The molecule has 2 aromatic carbocycles. The van der Waals surface area contributed by atoms with Gasteiger partial charge in [-0.05, 0) is 35.9 Å². The van der Waals surface area contributed by atoms with Gasteiger partial charge in [-0.15, -0.1) is 0 Å². The van der Waals surface area contributed by atoms with Gasteiger partial charge in [-0.1, -0.05) is 12.1 Å². The Balaban J connectivity index is 1.84. The highest BCUT2D eigenvalue weighted by molar-refractivity contribution is 6.07. The summed E-state index contributed by atoms with van der Waals surface area (Å²) >= 11 is 0. The van der Waals surface area contributed by atoms with E-state index in [0.717, 1.165) is 5.56 Å². The lowest BCUT2D eigenvalue weighted by Gasteiger charge is -2.09. The third-order valence-electron chi connectivity index (χ3n) is 3.59. The van der Waals surface area contributed by atoms with Crippen molar-refractivity contribution in [2.24, 2.45) is 0 Å². The van der Waals surface area contributed by atoms with Gasteiger partial charge in [0.1, 0.15) is 0 Å². The molecule has 0 saturated carbocycles. The van der Waals surface area contributed by atoms with Crippen molar-refractivity contribution in [2.45, 2.75) is 0 Å². The van der Waals surface area contributed by atoms with E-state index in [-0.39, 0.29) is 29.8 Å². The van der Waals surface area contributed by atoms with Crippen molar-refractivity contribution >= 4 is 11.9 Å². The molecule has 24 heavy (non-hydrogen) atoms. The summed E-state index contributed by atoms with van der Waals surface area (Å²) in [6.07, 6.45) is 3.11. The van der Waals surface area contributed by atoms with Crippen molar-refractivity contribution in [2.75, 3.05) is 21.0 Å². The van der Waals surface area contributed by atoms with E-state index in [2.05, 4.69) is 0 Å². The number of phenolic OH excluding ortho intramolecular Hbond substituents is 1. The molecule has 1 aliphatic rings. The second kappa shape index (κ2) is 6.54. The summed E-state index contributed by atoms with van der Waals surface area (Å²) in [5.41, 5.74) is 1.16. The smallest absolute Gasteiger partial charge is 0.231 e. The number of ether oxygens (including phenoxy) is 4. The van der Waals surface area contributed by atoms with E-state index in [0.29, 0.717) is 17.1 Å². The number of carbonyl (C=O) groups excluding carboxylic acids is 1. The summed E-state index contributed by atoms with van der Waals surface area (Å²) in [6.45, 7) is 0.203. The topological polar surface area (TPSA) is 74.2 Å². The van der Waals surface area contributed by atoms with Crippen molar-refractivity contribution in [3.05, 3.63) is 47.5 Å². The van der Waals surface area contributed by atoms with E-state index in [1.807, 2.05) is 6.07 Å². The standard InChI is InChI=1S/C18H16O6/c1-21-16-8-12(9-17(22-2)18(16)20)13(19)5-3-11-4-6-14-15(7-11)24-10-23-14/h3-9,20H,10H2,1-2H3. The first-order valence-corrected chi connectivity index (χ1v) is 7.19. The third-order valence-corrected chi connectivity index (χ3v) is 3.59. The third kappa shape index (κ3) is 2.99. The molecule has 0 fully saturated rings. The number of benzene rings is 2. The highest BCUT2D eigenvalue weighted by Crippen LogP contribution is 2.37. The van der Waals surface area contributed by atoms with E-state index in [4.69, 9.17) is 18.9 Å². The summed E-state index contributed by atoms with van der Waals surface area (Å²) in [4.78, 5) is 12.4. The van der Waals surface area contributed by atoms with Crippen LogP contribution in [0.3, 0.4) is 0 Å². The minimum Gasteiger partial charge on any atom is -0.502 e. The van der Waals surface area contributed by atoms with Gasteiger partial charge in [0.2, 0.25) is 12.5 Å². The zero-order chi connectivity index (χ0) is 17.1. The largest absolute Gasteiger partial charge is 0.502 e. The monoisotopic (exact) mass is 328 g/mol. The number of rotatable bonds is 5. The summed E-state index contributed by atoms with van der Waals surface area (Å²) in [7, 11) is 2.82. The fourth-order valence-corrected chi connectivity index (χ4v) is 2.32. The molecule has 1 N–H and O–H groups in total. The van der Waals surface area contributed by atoms with E-state index >= 15 is 0 Å². The van der Waals surface area contributed by atoms with E-state index in [1.165, 1.54) is 32.4 Å². The molecule has 1 aliphatic heterocycles. The van der Waals surface area contributed by atoms with Crippen LogP contribution in [0, 0.1) is 0 Å². The molecule has 0 aromatic heterocycles. The van der Waals surface area contributed by atoms with Gasteiger partial charge in [0.25, 0.3) is 0 Å². The van der Waals surface area contributed by atoms with E-state index in [9.17, 15) is 9.90 Å². The second-order valence-electron chi connectivity index (χ2n) is 5.04. The predicted molar refractivity (Wildman–Crippen MR) is 87.1 cm³/mol. The van der Waals surface area contributed by atoms with Crippen molar-refractivity contribution in [1.82, 2.24) is 0 Å². The predicted octanol–water partition coefficient (Wildman–Crippen LogP) is 3.03. The Labute approximate surface area is 138 Å². The molecule has 6 heteroatoms. The van der Waals surface area contributed by atoms with E-state index < -0.39 is 0 Å². The molecule has 0 atom stereocenters. The Morgan fingerprint density at radius 2 is 1.75 bits per heavy atom. The molecule has 6 nitrogen and oxygen atoms in total. The van der Waals surface area contributed by atoms with Crippen molar-refractivity contribution < 1.29 is 28.8 Å². The zero-order valence-corrected chi connectivity index (χ0v) is 13.2. The number of carbonyl (C=O) groups is 1. The molecule has 0 aliphatic carbocycles. The van der Waals surface area contributed by atoms with Crippen LogP contribution in [0.1, 0.15) is 15.9 Å². The van der Waals surface area contributed by atoms with Crippen LogP contribution in [0.4, 0.5) is 0 Å². The highest BCUT2D eigenvalue weighted by atomic mass is 16.7. The lowest BCUT2D eigenvalue weighted by Crippen LogP contribution is -1.98. The quantitative estimate of drug-likeness (QED) is 0.672. The average Bonchev–Trinajstić information content (AvgIpc) is 3.07. The molecule has 124 valence electrons. The average molecular weight is 328 g/mol. The van der Waals surface area contributed by atoms with Crippen LogP contribution in [0.2, 0.25) is 0 Å². The lowest BCUT2D eigenvalue weighted by molar-refractivity contribution is 0.104. The van der Waals surface area contributed by atoms with Gasteiger partial charge < -0.3 is 24.1 Å². The molecule has 2 aromatic rings. The highest BCUT2D eigenvalue weighted by Gasteiger charge is 2.15. The van der Waals surface area contributed by atoms with Gasteiger partial charge in [0, 0.05) is 5.56 Å². The normalized spacial score (nSPS) is 12.4. The molecule has 0 amide bonds. The minimum atomic E-state index is -0.246. The number of phenols is 1. The first kappa shape index (κ1) is 15.7. The van der Waals surface area contributed by atoms with Gasteiger partial charge in [-0.3, -0.25) is 4.79 Å². The summed E-state index contributed by atoms with van der Waals surface area (Å²) < 4.78 is 20.7. The fraction of sp³-hybridized carbons (Fsp3) is 0.167. The van der Waals surface area contributed by atoms with Gasteiger partial charge in [-0.2, -0.15) is 0 Å². The van der Waals surface area contributed by atoms with Crippen LogP contribution in [0.15, 0.2) is 36.4 Å². The number of methoxy groups -OCH3 is 2. The van der Waals surface area contributed by atoms with Crippen LogP contribution >= 0.6 is 0 Å². The van der Waals surface area contributed by atoms with Crippen LogP contribution in [0.5, 0.6) is 28.7 Å². The number of allylic oxidation sites excluding steroid dienone is 1. The Morgan fingerprint density at radius 3 is 2.42 bits per heavy atom. The zero-order valence-electron chi connectivity index (χ0n) is 13.2. The number of fused-ring (bicyclic) bond motifs is 1. The minimum absolute atomic E-state index is 0.142. The van der Waals surface area contributed by atoms with Gasteiger partial charge in [-0.25, -0.2) is 0 Å². The molecule has 0 bridgehead atoms. The Morgan fingerprint density at radius 1 is 1.08 bits per heavy atom. The number of hydrogen-bond donors (Lipinski definition) is 1. The maximum atomic E-state index is 12.4. The van der Waals surface area contributed by atoms with Gasteiger partial charge in [0.15, 0.2) is 28.8 Å². The number of ketones is 1. The lowest BCUT2D eigenvalue weighted by atomic mass is 10.1. The SMILES string of the molecule is COc1cc(C(=O)C=Cc2ccc3c(c2)OCO3)cc(OC)c1O. The first-order valence-electron chi connectivity index (χ1n) is 7.19. The molecule has 0 radical (unpaired) electrons. The molecular formula is C18H16O6. The molecule has 3 rings (SSSR count). The molecule has 0 unspecified atom stereocenters. The summed E-state index contributed by atoms with van der Waals surface area (Å²) in [5, 5.41) is 9.89. The van der Waals surface area contributed by atoms with Crippen LogP contribution in [-0.2, 0) is 0 Å². The molecule has 0 spiro atoms.